The summed E-state index contributed by atoms with van der Waals surface area (Å²) in [5.41, 5.74) is 0.994. The number of rotatable bonds is 2. The first-order chi connectivity index (χ1) is 8.82. The van der Waals surface area contributed by atoms with E-state index in [0.717, 1.165) is 0 Å². The molecule has 0 saturated heterocycles. The second-order valence-corrected chi connectivity index (χ2v) is 6.35. The molecule has 0 radical (unpaired) electrons. The third-order valence-electron chi connectivity index (χ3n) is 2.96. The molecule has 2 aromatic carbocycles. The van der Waals surface area contributed by atoms with Crippen LogP contribution in [-0.4, -0.2) is 18.6 Å². The van der Waals surface area contributed by atoms with E-state index in [0.29, 0.717) is 11.1 Å². The van der Waals surface area contributed by atoms with Gasteiger partial charge in [-0.25, -0.2) is 8.42 Å². The van der Waals surface area contributed by atoms with E-state index in [9.17, 15) is 18.6 Å². The Morgan fingerprint density at radius 1 is 0.789 bits per heavy atom. The number of hydrogen-bond donors (Lipinski definition) is 2. The summed E-state index contributed by atoms with van der Waals surface area (Å²) in [5.74, 6) is 0.113. The van der Waals surface area contributed by atoms with Crippen molar-refractivity contribution >= 4 is 9.84 Å². The molecule has 0 aliphatic heterocycles. The van der Waals surface area contributed by atoms with Crippen LogP contribution in [0.25, 0.3) is 0 Å². The quantitative estimate of drug-likeness (QED) is 0.885. The van der Waals surface area contributed by atoms with Crippen molar-refractivity contribution in [1.82, 2.24) is 0 Å². The summed E-state index contributed by atoms with van der Waals surface area (Å²) < 4.78 is 24.8. The molecule has 19 heavy (non-hydrogen) atoms. The van der Waals surface area contributed by atoms with Gasteiger partial charge in [-0.3, -0.25) is 0 Å². The van der Waals surface area contributed by atoms with Gasteiger partial charge in [-0.15, -0.1) is 0 Å². The Labute approximate surface area is 111 Å². The molecule has 0 aromatic heterocycles. The fourth-order valence-electron chi connectivity index (χ4n) is 1.73. The third-order valence-corrected chi connectivity index (χ3v) is 4.71. The Morgan fingerprint density at radius 3 is 1.47 bits per heavy atom. The first-order valence-electron chi connectivity index (χ1n) is 5.66. The van der Waals surface area contributed by atoms with Gasteiger partial charge in [0, 0.05) is 0 Å². The zero-order chi connectivity index (χ0) is 14.2. The first-order valence-corrected chi connectivity index (χ1v) is 7.15. The predicted molar refractivity (Wildman–Crippen MR) is 71.1 cm³/mol. The third kappa shape index (κ3) is 2.42. The van der Waals surface area contributed by atoms with E-state index in [4.69, 9.17) is 0 Å². The fraction of sp³-hybridized carbons (Fsp3) is 0.143. The molecule has 4 nitrogen and oxygen atoms in total. The average molecular weight is 278 g/mol. The molecule has 100 valence electrons. The maximum absolute atomic E-state index is 12.4. The van der Waals surface area contributed by atoms with E-state index < -0.39 is 9.84 Å². The van der Waals surface area contributed by atoms with E-state index in [1.165, 1.54) is 36.4 Å². The highest BCUT2D eigenvalue weighted by atomic mass is 32.2. The van der Waals surface area contributed by atoms with Crippen molar-refractivity contribution in [1.29, 1.82) is 0 Å². The van der Waals surface area contributed by atoms with Crippen LogP contribution in [-0.2, 0) is 9.84 Å². The van der Waals surface area contributed by atoms with Crippen LogP contribution < -0.4 is 0 Å². The van der Waals surface area contributed by atoms with Crippen LogP contribution in [0.3, 0.4) is 0 Å². The Morgan fingerprint density at radius 2 is 1.16 bits per heavy atom. The van der Waals surface area contributed by atoms with Gasteiger partial charge in [0.2, 0.25) is 9.84 Å². The van der Waals surface area contributed by atoms with E-state index >= 15 is 0 Å². The minimum atomic E-state index is -3.64. The summed E-state index contributed by atoms with van der Waals surface area (Å²) >= 11 is 0. The Balaban J connectivity index is 2.58. The van der Waals surface area contributed by atoms with Crippen LogP contribution in [0.4, 0.5) is 0 Å². The molecule has 0 heterocycles. The maximum atomic E-state index is 12.4. The van der Waals surface area contributed by atoms with Gasteiger partial charge in [-0.05, 0) is 61.4 Å². The number of phenolic OH excluding ortho intramolecular Hbond substituents is 2. The Bertz CT molecular complexity index is 676. The Hall–Kier alpha value is -2.01. The lowest BCUT2D eigenvalue weighted by Crippen LogP contribution is -2.02. The molecule has 2 N–H and O–H groups in total. The topological polar surface area (TPSA) is 74.6 Å². The highest BCUT2D eigenvalue weighted by molar-refractivity contribution is 7.91. The van der Waals surface area contributed by atoms with Crippen molar-refractivity contribution < 1.29 is 18.6 Å². The molecule has 0 saturated carbocycles. The average Bonchev–Trinajstić information content (AvgIpc) is 2.35. The number of sulfone groups is 1. The monoisotopic (exact) mass is 278 g/mol. The number of phenols is 2. The molecule has 0 atom stereocenters. The summed E-state index contributed by atoms with van der Waals surface area (Å²) in [7, 11) is -3.64. The summed E-state index contributed by atoms with van der Waals surface area (Å²) in [6.07, 6.45) is 0. The predicted octanol–water partition coefficient (Wildman–Crippen LogP) is 2.55. The second-order valence-electron chi connectivity index (χ2n) is 4.40. The van der Waals surface area contributed by atoms with Crippen molar-refractivity contribution in [3.05, 3.63) is 47.5 Å². The van der Waals surface area contributed by atoms with Crippen molar-refractivity contribution in [2.45, 2.75) is 23.6 Å². The molecule has 0 aliphatic carbocycles. The lowest BCUT2D eigenvalue weighted by Gasteiger charge is -2.08. The molecule has 0 unspecified atom stereocenters. The van der Waals surface area contributed by atoms with Gasteiger partial charge in [0.15, 0.2) is 0 Å². The van der Waals surface area contributed by atoms with Gasteiger partial charge >= 0.3 is 0 Å². The van der Waals surface area contributed by atoms with Crippen LogP contribution in [0.15, 0.2) is 46.2 Å². The molecule has 0 bridgehead atoms. The normalized spacial score (nSPS) is 11.5. The highest BCUT2D eigenvalue weighted by Crippen LogP contribution is 2.28. The molecule has 5 heteroatoms. The largest absolute Gasteiger partial charge is 0.508 e. The maximum Gasteiger partial charge on any atom is 0.206 e. The molecule has 2 aromatic rings. The van der Waals surface area contributed by atoms with Crippen LogP contribution in [0.1, 0.15) is 11.1 Å². The van der Waals surface area contributed by atoms with Crippen LogP contribution >= 0.6 is 0 Å². The number of hydrogen-bond acceptors (Lipinski definition) is 4. The second kappa shape index (κ2) is 4.59. The molecular weight excluding hydrogens is 264 g/mol. The van der Waals surface area contributed by atoms with Gasteiger partial charge in [0.05, 0.1) is 9.79 Å². The zero-order valence-corrected chi connectivity index (χ0v) is 11.4. The van der Waals surface area contributed by atoms with Gasteiger partial charge in [0.1, 0.15) is 11.5 Å². The van der Waals surface area contributed by atoms with E-state index in [-0.39, 0.29) is 21.3 Å². The molecule has 0 aliphatic rings. The summed E-state index contributed by atoms with van der Waals surface area (Å²) in [6.45, 7) is 3.27. The van der Waals surface area contributed by atoms with E-state index in [1.807, 2.05) is 0 Å². The van der Waals surface area contributed by atoms with Gasteiger partial charge in [-0.1, -0.05) is 0 Å². The summed E-state index contributed by atoms with van der Waals surface area (Å²) in [4.78, 5) is 0.237. The highest BCUT2D eigenvalue weighted by Gasteiger charge is 2.19. The smallest absolute Gasteiger partial charge is 0.206 e. The molecule has 0 spiro atoms. The summed E-state index contributed by atoms with van der Waals surface area (Å²) in [6, 6.07) is 8.28. The van der Waals surface area contributed by atoms with Crippen molar-refractivity contribution in [2.24, 2.45) is 0 Å². The van der Waals surface area contributed by atoms with Crippen LogP contribution in [0.2, 0.25) is 0 Å². The van der Waals surface area contributed by atoms with E-state index in [1.54, 1.807) is 13.8 Å². The lowest BCUT2D eigenvalue weighted by molar-refractivity contribution is 0.470. The molecule has 2 rings (SSSR count). The van der Waals surface area contributed by atoms with Crippen molar-refractivity contribution in [3.63, 3.8) is 0 Å². The van der Waals surface area contributed by atoms with Gasteiger partial charge < -0.3 is 10.2 Å². The van der Waals surface area contributed by atoms with E-state index in [2.05, 4.69) is 0 Å². The molecule has 0 amide bonds. The van der Waals surface area contributed by atoms with Crippen molar-refractivity contribution in [2.75, 3.05) is 0 Å². The first kappa shape index (κ1) is 13.4. The van der Waals surface area contributed by atoms with Crippen LogP contribution in [0, 0.1) is 13.8 Å². The SMILES string of the molecule is Cc1cc(S(=O)(=O)c2ccc(O)c(C)c2)ccc1O. The van der Waals surface area contributed by atoms with Gasteiger partial charge in [-0.2, -0.15) is 0 Å². The summed E-state index contributed by atoms with van der Waals surface area (Å²) in [5, 5.41) is 18.9. The zero-order valence-electron chi connectivity index (χ0n) is 10.6. The molecular formula is C14H14O4S. The van der Waals surface area contributed by atoms with Crippen molar-refractivity contribution in [3.8, 4) is 11.5 Å². The van der Waals surface area contributed by atoms with Crippen LogP contribution in [0.5, 0.6) is 11.5 Å². The number of aromatic hydroxyl groups is 2. The molecule has 0 fully saturated rings. The Kier molecular flexibility index (Phi) is 3.24. The fourth-order valence-corrected chi connectivity index (χ4v) is 3.16. The van der Waals surface area contributed by atoms with Gasteiger partial charge in [0.25, 0.3) is 0 Å². The number of aryl methyl sites for hydroxylation is 2. The standard InChI is InChI=1S/C14H14O4S/c1-9-7-11(3-5-13(9)15)19(17,18)12-4-6-14(16)10(2)8-12/h3-8,15-16H,1-2H3. The number of benzene rings is 2. The lowest BCUT2D eigenvalue weighted by atomic mass is 10.2. The minimum absolute atomic E-state index is 0.0563. The minimum Gasteiger partial charge on any atom is -0.508 e.